The van der Waals surface area contributed by atoms with Gasteiger partial charge >= 0.3 is 0 Å². The highest BCUT2D eigenvalue weighted by Crippen LogP contribution is 2.26. The zero-order chi connectivity index (χ0) is 23.5. The van der Waals surface area contributed by atoms with Gasteiger partial charge in [-0.05, 0) is 59.0 Å². The predicted octanol–water partition coefficient (Wildman–Crippen LogP) is 5.26. The van der Waals surface area contributed by atoms with Crippen LogP contribution < -0.4 is 0 Å². The van der Waals surface area contributed by atoms with E-state index in [0.29, 0.717) is 11.6 Å². The van der Waals surface area contributed by atoms with Crippen LogP contribution in [0.4, 0.5) is 0 Å². The number of sulfone groups is 1. The van der Waals surface area contributed by atoms with Crippen LogP contribution in [-0.2, 0) is 26.4 Å². The molecular weight excluding hydrogens is 466 g/mol. The second kappa shape index (κ2) is 9.75. The minimum Gasteiger partial charge on any atom is -0.224 e. The molecule has 3 rings (SSSR count). The van der Waals surface area contributed by atoms with Crippen molar-refractivity contribution in [2.24, 2.45) is 5.92 Å². The number of benzene rings is 3. The Hall–Kier alpha value is -2.19. The molecule has 0 unspecified atom stereocenters. The first-order valence-electron chi connectivity index (χ1n) is 10.1. The second-order valence-corrected chi connectivity index (χ2v) is 12.5. The molecule has 0 bridgehead atoms. The molecule has 0 atom stereocenters. The first-order chi connectivity index (χ1) is 15.0. The molecule has 0 aliphatic carbocycles. The highest BCUT2D eigenvalue weighted by atomic mass is 35.5. The molecule has 0 amide bonds. The standard InChI is InChI=1S/C24H26ClNO4S2/c1-18(2)16-26(17-19-5-4-6-22(25)15-19)32(29,30)24-13-9-21(10-14-24)20-7-11-23(12-8-20)31(3,27)28/h4-15,18H,16-17H2,1-3H3. The molecule has 3 aromatic rings. The van der Waals surface area contributed by atoms with Crippen LogP contribution in [0.2, 0.25) is 5.02 Å². The van der Waals surface area contributed by atoms with Crippen molar-refractivity contribution in [2.45, 2.75) is 30.2 Å². The van der Waals surface area contributed by atoms with Crippen molar-refractivity contribution < 1.29 is 16.8 Å². The Morgan fingerprint density at radius 3 is 1.81 bits per heavy atom. The highest BCUT2D eigenvalue weighted by molar-refractivity contribution is 7.90. The van der Waals surface area contributed by atoms with Crippen LogP contribution in [0.1, 0.15) is 19.4 Å². The van der Waals surface area contributed by atoms with Crippen LogP contribution in [0.3, 0.4) is 0 Å². The van der Waals surface area contributed by atoms with Crippen molar-refractivity contribution in [3.8, 4) is 11.1 Å². The largest absolute Gasteiger partial charge is 0.243 e. The molecule has 0 heterocycles. The number of rotatable bonds is 8. The Bertz CT molecular complexity index is 1280. The van der Waals surface area contributed by atoms with Gasteiger partial charge in [-0.2, -0.15) is 4.31 Å². The van der Waals surface area contributed by atoms with E-state index >= 15 is 0 Å². The second-order valence-electron chi connectivity index (χ2n) is 8.14. The van der Waals surface area contributed by atoms with Crippen molar-refractivity contribution in [2.75, 3.05) is 12.8 Å². The Morgan fingerprint density at radius 2 is 1.34 bits per heavy atom. The van der Waals surface area contributed by atoms with E-state index in [0.717, 1.165) is 22.9 Å². The molecule has 3 aromatic carbocycles. The van der Waals surface area contributed by atoms with Crippen molar-refractivity contribution in [1.82, 2.24) is 4.31 Å². The van der Waals surface area contributed by atoms with Gasteiger partial charge in [-0.3, -0.25) is 0 Å². The van der Waals surface area contributed by atoms with Gasteiger partial charge in [-0.1, -0.05) is 61.8 Å². The molecule has 0 radical (unpaired) electrons. The lowest BCUT2D eigenvalue weighted by Crippen LogP contribution is -2.33. The summed E-state index contributed by atoms with van der Waals surface area (Å²) in [6.07, 6.45) is 1.16. The average Bonchev–Trinajstić information content (AvgIpc) is 2.72. The molecule has 0 aliphatic rings. The van der Waals surface area contributed by atoms with Gasteiger partial charge in [0.1, 0.15) is 0 Å². The monoisotopic (exact) mass is 491 g/mol. The molecule has 0 aliphatic heterocycles. The maximum atomic E-state index is 13.4. The molecule has 0 aromatic heterocycles. The zero-order valence-electron chi connectivity index (χ0n) is 18.2. The van der Waals surface area contributed by atoms with E-state index in [-0.39, 0.29) is 22.3 Å². The van der Waals surface area contributed by atoms with Gasteiger partial charge in [0.2, 0.25) is 10.0 Å². The number of halogens is 1. The molecule has 170 valence electrons. The molecule has 0 spiro atoms. The molecule has 0 saturated carbocycles. The third-order valence-electron chi connectivity index (χ3n) is 4.92. The van der Waals surface area contributed by atoms with Crippen molar-refractivity contribution >= 4 is 31.5 Å². The summed E-state index contributed by atoms with van der Waals surface area (Å²) in [6, 6.07) is 20.3. The quantitative estimate of drug-likeness (QED) is 0.431. The lowest BCUT2D eigenvalue weighted by molar-refractivity contribution is 0.362. The van der Waals surface area contributed by atoms with Crippen LogP contribution in [0.25, 0.3) is 11.1 Å². The van der Waals surface area contributed by atoms with E-state index < -0.39 is 19.9 Å². The third-order valence-corrected chi connectivity index (χ3v) is 8.11. The summed E-state index contributed by atoms with van der Waals surface area (Å²) < 4.78 is 51.5. The van der Waals surface area contributed by atoms with E-state index in [4.69, 9.17) is 11.6 Å². The van der Waals surface area contributed by atoms with E-state index in [2.05, 4.69) is 0 Å². The molecule has 0 saturated heterocycles. The summed E-state index contributed by atoms with van der Waals surface area (Å²) in [6.45, 7) is 4.56. The summed E-state index contributed by atoms with van der Waals surface area (Å²) >= 11 is 6.07. The lowest BCUT2D eigenvalue weighted by atomic mass is 10.1. The lowest BCUT2D eigenvalue weighted by Gasteiger charge is -2.24. The summed E-state index contributed by atoms with van der Waals surface area (Å²) in [4.78, 5) is 0.447. The summed E-state index contributed by atoms with van der Waals surface area (Å²) in [5, 5.41) is 0.565. The molecular formula is C24H26ClNO4S2. The minimum absolute atomic E-state index is 0.150. The van der Waals surface area contributed by atoms with Gasteiger partial charge in [0.15, 0.2) is 9.84 Å². The topological polar surface area (TPSA) is 71.5 Å². The van der Waals surface area contributed by atoms with Crippen LogP contribution in [0.5, 0.6) is 0 Å². The number of hydrogen-bond donors (Lipinski definition) is 0. The Kier molecular flexibility index (Phi) is 7.45. The number of sulfonamides is 1. The van der Waals surface area contributed by atoms with Crippen molar-refractivity contribution in [3.63, 3.8) is 0 Å². The highest BCUT2D eigenvalue weighted by Gasteiger charge is 2.25. The van der Waals surface area contributed by atoms with Crippen LogP contribution in [-0.4, -0.2) is 33.9 Å². The van der Waals surface area contributed by atoms with Gasteiger partial charge in [0.25, 0.3) is 0 Å². The third kappa shape index (κ3) is 5.98. The Balaban J connectivity index is 1.88. The van der Waals surface area contributed by atoms with Gasteiger partial charge in [-0.25, -0.2) is 16.8 Å². The molecule has 8 heteroatoms. The number of hydrogen-bond acceptors (Lipinski definition) is 4. The SMILES string of the molecule is CC(C)CN(Cc1cccc(Cl)c1)S(=O)(=O)c1ccc(-c2ccc(S(C)(=O)=O)cc2)cc1. The molecule has 0 fully saturated rings. The molecule has 0 N–H and O–H groups in total. The smallest absolute Gasteiger partial charge is 0.224 e. The van der Waals surface area contributed by atoms with Crippen LogP contribution in [0, 0.1) is 5.92 Å². The fourth-order valence-corrected chi connectivity index (χ4v) is 5.79. The van der Waals surface area contributed by atoms with E-state index in [9.17, 15) is 16.8 Å². The van der Waals surface area contributed by atoms with Crippen molar-refractivity contribution in [1.29, 1.82) is 0 Å². The zero-order valence-corrected chi connectivity index (χ0v) is 20.6. The van der Waals surface area contributed by atoms with Gasteiger partial charge in [0.05, 0.1) is 9.79 Å². The summed E-state index contributed by atoms with van der Waals surface area (Å²) in [7, 11) is -6.99. The molecule has 32 heavy (non-hydrogen) atoms. The van der Waals surface area contributed by atoms with E-state index in [1.54, 1.807) is 60.7 Å². The Labute approximate surface area is 195 Å². The average molecular weight is 492 g/mol. The minimum atomic E-state index is -3.72. The van der Waals surface area contributed by atoms with Gasteiger partial charge < -0.3 is 0 Å². The maximum absolute atomic E-state index is 13.4. The fraction of sp³-hybridized carbons (Fsp3) is 0.250. The fourth-order valence-electron chi connectivity index (χ4n) is 3.36. The van der Waals surface area contributed by atoms with Crippen LogP contribution >= 0.6 is 11.6 Å². The maximum Gasteiger partial charge on any atom is 0.243 e. The first-order valence-corrected chi connectivity index (χ1v) is 13.8. The normalized spacial score (nSPS) is 12.4. The van der Waals surface area contributed by atoms with Gasteiger partial charge in [0, 0.05) is 24.4 Å². The number of nitrogens with zero attached hydrogens (tertiary/aromatic N) is 1. The summed E-state index contributed by atoms with van der Waals surface area (Å²) in [5.74, 6) is 0.150. The van der Waals surface area contributed by atoms with Crippen LogP contribution in [0.15, 0.2) is 82.6 Å². The van der Waals surface area contributed by atoms with E-state index in [1.165, 1.54) is 4.31 Å². The van der Waals surface area contributed by atoms with E-state index in [1.807, 2.05) is 26.0 Å². The van der Waals surface area contributed by atoms with Crippen molar-refractivity contribution in [3.05, 3.63) is 83.4 Å². The first kappa shape index (κ1) is 24.5. The van der Waals surface area contributed by atoms with Gasteiger partial charge in [-0.15, -0.1) is 0 Å². The summed E-state index contributed by atoms with van der Waals surface area (Å²) in [5.41, 5.74) is 2.43. The molecule has 5 nitrogen and oxygen atoms in total. The Morgan fingerprint density at radius 1 is 0.812 bits per heavy atom. The predicted molar refractivity (Wildman–Crippen MR) is 129 cm³/mol.